The van der Waals surface area contributed by atoms with Crippen LogP contribution in [-0.2, 0) is 13.0 Å². The molecule has 6 heteroatoms. The van der Waals surface area contributed by atoms with Crippen LogP contribution in [0.5, 0.6) is 23.0 Å². The summed E-state index contributed by atoms with van der Waals surface area (Å²) in [5, 5.41) is 13.3. The summed E-state index contributed by atoms with van der Waals surface area (Å²) >= 11 is 0. The van der Waals surface area contributed by atoms with Gasteiger partial charge in [-0.3, -0.25) is 0 Å². The number of nitrogens with zero attached hydrogens (tertiary/aromatic N) is 1. The molecule has 0 atom stereocenters. The fourth-order valence-electron chi connectivity index (χ4n) is 4.13. The van der Waals surface area contributed by atoms with Gasteiger partial charge in [0.1, 0.15) is 35.3 Å². The average molecular weight is 536 g/mol. The summed E-state index contributed by atoms with van der Waals surface area (Å²) in [5.41, 5.74) is 5.43. The van der Waals surface area contributed by atoms with Crippen molar-refractivity contribution in [1.29, 1.82) is 0 Å². The Bertz CT molecular complexity index is 1450. The standard InChI is InChI=1S/C34H33NO5/c1-37-31-16-9-25(10-17-31)8-15-30(35-36)23-29(22-26-11-18-32(38-2)19-12-26)27-13-20-33(21-14-27)40-24-28-6-4-5-7-34(28)39-3/h4-21,23,36H,22,24H2,1-3H3/b15-8+,29-23-,35-30+. The largest absolute Gasteiger partial charge is 0.497 e. The lowest BCUT2D eigenvalue weighted by atomic mass is 9.96. The van der Waals surface area contributed by atoms with E-state index in [0.717, 1.165) is 50.8 Å². The molecule has 0 heterocycles. The van der Waals surface area contributed by atoms with Gasteiger partial charge in [-0.25, -0.2) is 0 Å². The predicted molar refractivity (Wildman–Crippen MR) is 160 cm³/mol. The number of methoxy groups -OCH3 is 3. The Labute approximate surface area is 235 Å². The van der Waals surface area contributed by atoms with Crippen LogP contribution in [0.3, 0.4) is 0 Å². The van der Waals surface area contributed by atoms with Gasteiger partial charge in [-0.2, -0.15) is 0 Å². The first-order valence-electron chi connectivity index (χ1n) is 12.8. The number of para-hydroxylation sites is 1. The molecule has 0 aliphatic rings. The van der Waals surface area contributed by atoms with E-state index in [2.05, 4.69) is 5.16 Å². The zero-order chi connectivity index (χ0) is 28.2. The monoisotopic (exact) mass is 535 g/mol. The smallest absolute Gasteiger partial charge is 0.125 e. The van der Waals surface area contributed by atoms with E-state index in [4.69, 9.17) is 18.9 Å². The minimum absolute atomic E-state index is 0.398. The van der Waals surface area contributed by atoms with Crippen LogP contribution in [-0.4, -0.2) is 32.2 Å². The summed E-state index contributed by atoms with van der Waals surface area (Å²) in [6.45, 7) is 0.398. The molecule has 0 bridgehead atoms. The molecule has 1 N–H and O–H groups in total. The molecule has 0 amide bonds. The van der Waals surface area contributed by atoms with Gasteiger partial charge < -0.3 is 24.2 Å². The van der Waals surface area contributed by atoms with Crippen molar-refractivity contribution < 1.29 is 24.2 Å². The van der Waals surface area contributed by atoms with Gasteiger partial charge in [0.25, 0.3) is 0 Å². The van der Waals surface area contributed by atoms with E-state index >= 15 is 0 Å². The van der Waals surface area contributed by atoms with Crippen LogP contribution < -0.4 is 18.9 Å². The second-order valence-electron chi connectivity index (χ2n) is 8.95. The third-order valence-corrected chi connectivity index (χ3v) is 6.37. The highest BCUT2D eigenvalue weighted by molar-refractivity contribution is 6.10. The summed E-state index contributed by atoms with van der Waals surface area (Å²) in [6.07, 6.45) is 6.18. The van der Waals surface area contributed by atoms with E-state index in [-0.39, 0.29) is 0 Å². The van der Waals surface area contributed by atoms with Crippen LogP contribution in [0.25, 0.3) is 11.6 Å². The molecular formula is C34H33NO5. The first-order valence-corrected chi connectivity index (χ1v) is 12.8. The zero-order valence-electron chi connectivity index (χ0n) is 22.9. The predicted octanol–water partition coefficient (Wildman–Crippen LogP) is 7.46. The molecule has 0 aliphatic heterocycles. The second kappa shape index (κ2) is 14.3. The van der Waals surface area contributed by atoms with Crippen molar-refractivity contribution in [2.45, 2.75) is 13.0 Å². The molecule has 4 rings (SSSR count). The highest BCUT2D eigenvalue weighted by atomic mass is 16.5. The normalized spacial score (nSPS) is 11.9. The third-order valence-electron chi connectivity index (χ3n) is 6.37. The van der Waals surface area contributed by atoms with Gasteiger partial charge in [0.2, 0.25) is 0 Å². The number of allylic oxidation sites excluding steroid dienone is 3. The molecule has 40 heavy (non-hydrogen) atoms. The van der Waals surface area contributed by atoms with Gasteiger partial charge in [0, 0.05) is 5.56 Å². The third kappa shape index (κ3) is 7.77. The fraction of sp³-hybridized carbons (Fsp3) is 0.147. The molecule has 0 aliphatic carbocycles. The molecule has 4 aromatic rings. The van der Waals surface area contributed by atoms with E-state index in [1.54, 1.807) is 27.4 Å². The van der Waals surface area contributed by atoms with Gasteiger partial charge in [0.15, 0.2) is 0 Å². The Hall–Kier alpha value is -4.97. The average Bonchev–Trinajstić information content (AvgIpc) is 3.02. The van der Waals surface area contributed by atoms with E-state index in [1.165, 1.54) is 0 Å². The number of ether oxygens (including phenoxy) is 4. The Morgan fingerprint density at radius 2 is 1.35 bits per heavy atom. The molecule has 0 spiro atoms. The van der Waals surface area contributed by atoms with Crippen molar-refractivity contribution in [3.63, 3.8) is 0 Å². The molecule has 0 aromatic heterocycles. The minimum atomic E-state index is 0.398. The van der Waals surface area contributed by atoms with Gasteiger partial charge in [-0.15, -0.1) is 0 Å². The van der Waals surface area contributed by atoms with Crippen molar-refractivity contribution in [2.24, 2.45) is 5.16 Å². The topological polar surface area (TPSA) is 69.5 Å². The maximum atomic E-state index is 9.81. The number of rotatable bonds is 12. The molecule has 0 radical (unpaired) electrons. The summed E-state index contributed by atoms with van der Waals surface area (Å²) < 4.78 is 22.0. The lowest BCUT2D eigenvalue weighted by Crippen LogP contribution is -1.99. The second-order valence-corrected chi connectivity index (χ2v) is 8.95. The summed E-state index contributed by atoms with van der Waals surface area (Å²) in [7, 11) is 4.94. The van der Waals surface area contributed by atoms with Crippen molar-refractivity contribution in [3.8, 4) is 23.0 Å². The first kappa shape index (κ1) is 28.0. The van der Waals surface area contributed by atoms with Crippen LogP contribution in [0.4, 0.5) is 0 Å². The Morgan fingerprint density at radius 3 is 1.98 bits per heavy atom. The summed E-state index contributed by atoms with van der Waals surface area (Å²) in [4.78, 5) is 0. The first-order chi connectivity index (χ1) is 19.6. The molecule has 4 aromatic carbocycles. The molecule has 0 saturated carbocycles. The molecular weight excluding hydrogens is 502 g/mol. The Morgan fingerprint density at radius 1 is 0.725 bits per heavy atom. The fourth-order valence-corrected chi connectivity index (χ4v) is 4.13. The van der Waals surface area contributed by atoms with E-state index in [1.807, 2.05) is 109 Å². The number of hydrogen-bond acceptors (Lipinski definition) is 6. The highest BCUT2D eigenvalue weighted by Crippen LogP contribution is 2.26. The van der Waals surface area contributed by atoms with Crippen LogP contribution in [0.1, 0.15) is 22.3 Å². The van der Waals surface area contributed by atoms with Gasteiger partial charge in [-0.05, 0) is 83.3 Å². The minimum Gasteiger partial charge on any atom is -0.497 e. The van der Waals surface area contributed by atoms with Gasteiger partial charge in [-0.1, -0.05) is 65.8 Å². The van der Waals surface area contributed by atoms with Crippen molar-refractivity contribution in [1.82, 2.24) is 0 Å². The highest BCUT2D eigenvalue weighted by Gasteiger charge is 2.08. The van der Waals surface area contributed by atoms with Crippen LogP contribution in [0.15, 0.2) is 114 Å². The van der Waals surface area contributed by atoms with Crippen LogP contribution in [0, 0.1) is 0 Å². The van der Waals surface area contributed by atoms with Gasteiger partial charge in [0.05, 0.1) is 21.3 Å². The lowest BCUT2D eigenvalue weighted by molar-refractivity contribution is 0.296. The van der Waals surface area contributed by atoms with E-state index in [9.17, 15) is 5.21 Å². The van der Waals surface area contributed by atoms with Crippen LogP contribution in [0.2, 0.25) is 0 Å². The SMILES string of the molecule is COc1ccc(/C=C/C(/C=C(/Cc2ccc(OC)cc2)c2ccc(OCc3ccccc3OC)cc2)=N\O)cc1. The van der Waals surface area contributed by atoms with Crippen molar-refractivity contribution >= 4 is 17.4 Å². The number of oxime groups is 1. The summed E-state index contributed by atoms with van der Waals surface area (Å²) in [6, 6.07) is 31.3. The lowest BCUT2D eigenvalue weighted by Gasteiger charge is -2.12. The molecule has 204 valence electrons. The number of benzene rings is 4. The molecule has 6 nitrogen and oxygen atoms in total. The van der Waals surface area contributed by atoms with Crippen LogP contribution >= 0.6 is 0 Å². The molecule has 0 unspecified atom stereocenters. The maximum absolute atomic E-state index is 9.81. The van der Waals surface area contributed by atoms with E-state index in [0.29, 0.717) is 18.7 Å². The Kier molecular flexibility index (Phi) is 10.00. The van der Waals surface area contributed by atoms with Gasteiger partial charge >= 0.3 is 0 Å². The molecule has 0 fully saturated rings. The molecule has 0 saturated heterocycles. The zero-order valence-corrected chi connectivity index (χ0v) is 22.9. The number of hydrogen-bond donors (Lipinski definition) is 1. The Balaban J connectivity index is 1.57. The summed E-state index contributed by atoms with van der Waals surface area (Å²) in [5.74, 6) is 3.12. The van der Waals surface area contributed by atoms with Crippen molar-refractivity contribution in [3.05, 3.63) is 131 Å². The maximum Gasteiger partial charge on any atom is 0.125 e. The van der Waals surface area contributed by atoms with E-state index < -0.39 is 0 Å². The quantitative estimate of drug-likeness (QED) is 0.116. The van der Waals surface area contributed by atoms with Crippen molar-refractivity contribution in [2.75, 3.05) is 21.3 Å².